The van der Waals surface area contributed by atoms with E-state index < -0.39 is 12.0 Å². The van der Waals surface area contributed by atoms with E-state index in [-0.39, 0.29) is 11.9 Å². The Bertz CT molecular complexity index is 269. The number of rotatable bonds is 8. The number of esters is 1. The summed E-state index contributed by atoms with van der Waals surface area (Å²) in [6.45, 7) is 7.11. The topological polar surface area (TPSA) is 67.9 Å². The van der Waals surface area contributed by atoms with Crippen molar-refractivity contribution in [3.8, 4) is 0 Å². The van der Waals surface area contributed by atoms with Gasteiger partial charge in [-0.2, -0.15) is 0 Å². The van der Waals surface area contributed by atoms with Crippen molar-refractivity contribution >= 4 is 11.9 Å². The fourth-order valence-corrected chi connectivity index (χ4v) is 1.57. The molecular weight excluding hydrogens is 236 g/mol. The number of carbonyl (C=O) groups is 2. The lowest BCUT2D eigenvalue weighted by atomic mass is 10.2. The minimum atomic E-state index is -0.647. The maximum Gasteiger partial charge on any atom is 0.329 e. The van der Waals surface area contributed by atoms with Crippen LogP contribution in [0.3, 0.4) is 0 Å². The molecule has 0 heterocycles. The number of ether oxygens (including phenoxy) is 2. The van der Waals surface area contributed by atoms with E-state index in [0.717, 1.165) is 0 Å². The number of hydrogen-bond donors (Lipinski definition) is 1. The predicted octanol–water partition coefficient (Wildman–Crippen LogP) is 0.0209. The van der Waals surface area contributed by atoms with Gasteiger partial charge in [0.15, 0.2) is 0 Å². The molecule has 6 nitrogen and oxygen atoms in total. The van der Waals surface area contributed by atoms with Crippen molar-refractivity contribution in [1.82, 2.24) is 10.2 Å². The molecular formula is C12H24N2O4. The van der Waals surface area contributed by atoms with Gasteiger partial charge in [0.25, 0.3) is 0 Å². The monoisotopic (exact) mass is 260 g/mol. The smallest absolute Gasteiger partial charge is 0.329 e. The maximum atomic E-state index is 11.6. The van der Waals surface area contributed by atoms with Gasteiger partial charge >= 0.3 is 5.97 Å². The number of nitrogens with one attached hydrogen (secondary N) is 1. The van der Waals surface area contributed by atoms with Crippen LogP contribution in [0.2, 0.25) is 0 Å². The molecule has 0 aliphatic rings. The molecule has 0 spiro atoms. The lowest BCUT2D eigenvalue weighted by Gasteiger charge is -2.29. The number of carbonyl (C=O) groups excluding carboxylic acids is 2. The maximum absolute atomic E-state index is 11.6. The Morgan fingerprint density at radius 2 is 1.89 bits per heavy atom. The van der Waals surface area contributed by atoms with E-state index in [0.29, 0.717) is 19.7 Å². The fraction of sp³-hybridized carbons (Fsp3) is 0.833. The number of methoxy groups -OCH3 is 2. The van der Waals surface area contributed by atoms with E-state index in [1.807, 2.05) is 13.8 Å². The van der Waals surface area contributed by atoms with Gasteiger partial charge in [-0.3, -0.25) is 9.69 Å². The molecule has 1 amide bonds. The lowest BCUT2D eigenvalue weighted by Crippen LogP contribution is -2.50. The second-order valence-corrected chi connectivity index (χ2v) is 4.36. The van der Waals surface area contributed by atoms with Crippen molar-refractivity contribution < 1.29 is 19.1 Å². The average Bonchev–Trinajstić information content (AvgIpc) is 2.31. The summed E-state index contributed by atoms with van der Waals surface area (Å²) in [5, 5.41) is 2.60. The first-order valence-electron chi connectivity index (χ1n) is 6.00. The normalized spacial score (nSPS) is 12.6. The van der Waals surface area contributed by atoms with Crippen LogP contribution in [0, 0.1) is 0 Å². The predicted molar refractivity (Wildman–Crippen MR) is 68.2 cm³/mol. The van der Waals surface area contributed by atoms with Crippen LogP contribution in [0.5, 0.6) is 0 Å². The van der Waals surface area contributed by atoms with Crippen LogP contribution in [0.25, 0.3) is 0 Å². The number of hydrogen-bond acceptors (Lipinski definition) is 5. The molecule has 0 bridgehead atoms. The van der Waals surface area contributed by atoms with E-state index in [9.17, 15) is 9.59 Å². The van der Waals surface area contributed by atoms with Gasteiger partial charge < -0.3 is 14.8 Å². The Labute approximate surface area is 109 Å². The zero-order chi connectivity index (χ0) is 14.1. The van der Waals surface area contributed by atoms with Crippen LogP contribution in [0.15, 0.2) is 0 Å². The van der Waals surface area contributed by atoms with Gasteiger partial charge in [-0.1, -0.05) is 0 Å². The first-order chi connectivity index (χ1) is 8.42. The van der Waals surface area contributed by atoms with E-state index in [4.69, 9.17) is 4.74 Å². The van der Waals surface area contributed by atoms with Gasteiger partial charge in [-0.05, 0) is 13.8 Å². The summed E-state index contributed by atoms with van der Waals surface area (Å²) in [7, 11) is 2.94. The lowest BCUT2D eigenvalue weighted by molar-refractivity contribution is -0.145. The highest BCUT2D eigenvalue weighted by atomic mass is 16.5. The van der Waals surface area contributed by atoms with Gasteiger partial charge in [0.1, 0.15) is 6.04 Å². The van der Waals surface area contributed by atoms with Gasteiger partial charge in [0.2, 0.25) is 5.91 Å². The van der Waals surface area contributed by atoms with Crippen molar-refractivity contribution in [3.63, 3.8) is 0 Å². The molecule has 0 aromatic heterocycles. The van der Waals surface area contributed by atoms with Crippen molar-refractivity contribution in [2.24, 2.45) is 0 Å². The Morgan fingerprint density at radius 1 is 1.28 bits per heavy atom. The highest BCUT2D eigenvalue weighted by Gasteiger charge is 2.24. The summed E-state index contributed by atoms with van der Waals surface area (Å²) >= 11 is 0. The Balaban J connectivity index is 4.57. The van der Waals surface area contributed by atoms with E-state index in [1.54, 1.807) is 7.11 Å². The number of nitrogens with zero attached hydrogens (tertiary/aromatic N) is 1. The average molecular weight is 260 g/mol. The molecule has 18 heavy (non-hydrogen) atoms. The third-order valence-corrected chi connectivity index (χ3v) is 2.59. The minimum absolute atomic E-state index is 0.249. The zero-order valence-electron chi connectivity index (χ0n) is 11.9. The molecule has 0 aliphatic carbocycles. The van der Waals surface area contributed by atoms with Crippen molar-refractivity contribution in [2.75, 3.05) is 33.9 Å². The van der Waals surface area contributed by atoms with Crippen LogP contribution in [0.1, 0.15) is 20.8 Å². The van der Waals surface area contributed by atoms with Gasteiger partial charge in [0, 0.05) is 33.2 Å². The van der Waals surface area contributed by atoms with Gasteiger partial charge in [0.05, 0.1) is 13.7 Å². The molecule has 1 N–H and O–H groups in total. The van der Waals surface area contributed by atoms with Crippen LogP contribution in [0.4, 0.5) is 0 Å². The van der Waals surface area contributed by atoms with Crippen LogP contribution < -0.4 is 5.32 Å². The first kappa shape index (κ1) is 16.9. The highest BCUT2D eigenvalue weighted by Crippen LogP contribution is 2.01. The Hall–Kier alpha value is -1.14. The van der Waals surface area contributed by atoms with Crippen LogP contribution >= 0.6 is 0 Å². The van der Waals surface area contributed by atoms with Crippen LogP contribution in [-0.4, -0.2) is 62.8 Å². The third kappa shape index (κ3) is 6.56. The molecule has 0 rings (SSSR count). The molecule has 1 unspecified atom stereocenters. The Morgan fingerprint density at radius 3 is 2.28 bits per heavy atom. The highest BCUT2D eigenvalue weighted by molar-refractivity contribution is 5.83. The molecule has 0 aliphatic heterocycles. The molecule has 0 aromatic carbocycles. The molecule has 6 heteroatoms. The summed E-state index contributed by atoms with van der Waals surface area (Å²) < 4.78 is 9.71. The van der Waals surface area contributed by atoms with Crippen molar-refractivity contribution in [2.45, 2.75) is 32.9 Å². The molecule has 0 aromatic rings. The van der Waals surface area contributed by atoms with Gasteiger partial charge in [-0.25, -0.2) is 4.79 Å². The molecule has 0 saturated carbocycles. The fourth-order valence-electron chi connectivity index (χ4n) is 1.57. The summed E-state index contributed by atoms with van der Waals surface area (Å²) in [5.74, 6) is -0.686. The first-order valence-corrected chi connectivity index (χ1v) is 6.00. The minimum Gasteiger partial charge on any atom is -0.467 e. The SMILES string of the molecule is COCCN(CC(NC(C)=O)C(=O)OC)C(C)C. The number of amides is 1. The Kier molecular flexibility index (Phi) is 8.32. The van der Waals surface area contributed by atoms with E-state index in [2.05, 4.69) is 15.0 Å². The third-order valence-electron chi connectivity index (χ3n) is 2.59. The second kappa shape index (κ2) is 8.88. The van der Waals surface area contributed by atoms with E-state index in [1.165, 1.54) is 14.0 Å². The quantitative estimate of drug-likeness (QED) is 0.623. The van der Waals surface area contributed by atoms with Crippen LogP contribution in [-0.2, 0) is 19.1 Å². The summed E-state index contributed by atoms with van der Waals surface area (Å²) in [4.78, 5) is 24.7. The summed E-state index contributed by atoms with van der Waals surface area (Å²) in [5.41, 5.74) is 0. The van der Waals surface area contributed by atoms with Gasteiger partial charge in [-0.15, -0.1) is 0 Å². The largest absolute Gasteiger partial charge is 0.467 e. The molecule has 1 atom stereocenters. The molecule has 0 saturated heterocycles. The zero-order valence-corrected chi connectivity index (χ0v) is 11.9. The van der Waals surface area contributed by atoms with E-state index >= 15 is 0 Å². The second-order valence-electron chi connectivity index (χ2n) is 4.36. The molecule has 0 radical (unpaired) electrons. The molecule has 0 fully saturated rings. The van der Waals surface area contributed by atoms with Crippen molar-refractivity contribution in [1.29, 1.82) is 0 Å². The van der Waals surface area contributed by atoms with Crippen molar-refractivity contribution in [3.05, 3.63) is 0 Å². The summed E-state index contributed by atoms with van der Waals surface area (Å²) in [6.07, 6.45) is 0. The standard InChI is InChI=1S/C12H24N2O4/c1-9(2)14(6-7-17-4)8-11(12(16)18-5)13-10(3)15/h9,11H,6-8H2,1-5H3,(H,13,15). The molecule has 106 valence electrons. The summed E-state index contributed by atoms with van der Waals surface area (Å²) in [6, 6.07) is -0.396.